The van der Waals surface area contributed by atoms with Crippen molar-refractivity contribution in [3.05, 3.63) is 28.2 Å². The molecule has 1 aromatic carbocycles. The first kappa shape index (κ1) is 18.0. The lowest BCUT2D eigenvalue weighted by atomic mass is 10.4. The third-order valence-corrected chi connectivity index (χ3v) is 5.66. The molecule has 0 aliphatic carbocycles. The van der Waals surface area contributed by atoms with Gasteiger partial charge in [0.1, 0.15) is 11.2 Å². The molecule has 0 saturated carbocycles. The van der Waals surface area contributed by atoms with Gasteiger partial charge in [0.25, 0.3) is 10.1 Å². The lowest BCUT2D eigenvalue weighted by molar-refractivity contribution is 0.230. The Morgan fingerprint density at radius 2 is 1.90 bits per heavy atom. The molecule has 1 rings (SSSR count). The highest BCUT2D eigenvalue weighted by molar-refractivity contribution is 7.87. The Labute approximate surface area is 128 Å². The second-order valence-electron chi connectivity index (χ2n) is 4.44. The first-order valence-electron chi connectivity index (χ1n) is 5.63. The second kappa shape index (κ2) is 6.77. The maximum absolute atomic E-state index is 12.0. The summed E-state index contributed by atoms with van der Waals surface area (Å²) in [5, 5.41) is 0.180. The van der Waals surface area contributed by atoms with Crippen molar-refractivity contribution in [1.82, 2.24) is 0 Å². The highest BCUT2D eigenvalue weighted by Crippen LogP contribution is 2.44. The molecule has 9 heteroatoms. The van der Waals surface area contributed by atoms with Crippen LogP contribution in [0, 0.1) is 0 Å². The first-order valence-corrected chi connectivity index (χ1v) is 10.0. The van der Waals surface area contributed by atoms with Crippen molar-refractivity contribution >= 4 is 40.7 Å². The van der Waals surface area contributed by atoms with Gasteiger partial charge in [-0.3, -0.25) is 8.75 Å². The molecule has 20 heavy (non-hydrogen) atoms. The minimum Gasteiger partial charge on any atom is -0.324 e. The Bertz CT molecular complexity index is 630. The lowest BCUT2D eigenvalue weighted by Crippen LogP contribution is -2.11. The fraction of sp³-hybridized carbons (Fsp3) is 0.455. The number of halogens is 2. The molecule has 0 amide bonds. The van der Waals surface area contributed by atoms with Crippen LogP contribution in [0.1, 0.15) is 13.8 Å². The standard InChI is InChI=1S/C11H15Cl2O5PS/c1-8(2)18-19(3,14)7-17-20(15,16)11-6-9(12)4-5-10(11)13/h4-6,8H,7H2,1-3H3. The Morgan fingerprint density at radius 3 is 2.45 bits per heavy atom. The molecule has 0 fully saturated rings. The first-order chi connectivity index (χ1) is 9.03. The zero-order valence-electron chi connectivity index (χ0n) is 11.2. The van der Waals surface area contributed by atoms with Crippen molar-refractivity contribution in [2.75, 3.05) is 13.0 Å². The van der Waals surface area contributed by atoms with Crippen molar-refractivity contribution in [2.24, 2.45) is 0 Å². The Balaban J connectivity index is 2.91. The van der Waals surface area contributed by atoms with Gasteiger partial charge in [-0.2, -0.15) is 8.42 Å². The molecular weight excluding hydrogens is 346 g/mol. The van der Waals surface area contributed by atoms with E-state index < -0.39 is 23.8 Å². The molecule has 0 aliphatic rings. The molecule has 1 unspecified atom stereocenters. The largest absolute Gasteiger partial charge is 0.324 e. The van der Waals surface area contributed by atoms with Crippen LogP contribution in [0.3, 0.4) is 0 Å². The predicted octanol–water partition coefficient (Wildman–Crippen LogP) is 3.99. The zero-order chi connectivity index (χ0) is 15.6. The van der Waals surface area contributed by atoms with Gasteiger partial charge in [-0.25, -0.2) is 0 Å². The van der Waals surface area contributed by atoms with Crippen LogP contribution in [0.15, 0.2) is 23.1 Å². The molecule has 0 N–H and O–H groups in total. The molecule has 0 heterocycles. The molecule has 5 nitrogen and oxygen atoms in total. The molecule has 0 aliphatic heterocycles. The van der Waals surface area contributed by atoms with Crippen molar-refractivity contribution < 1.29 is 21.7 Å². The van der Waals surface area contributed by atoms with Gasteiger partial charge in [-0.15, -0.1) is 0 Å². The molecule has 0 bridgehead atoms. The summed E-state index contributed by atoms with van der Waals surface area (Å²) in [6, 6.07) is 3.97. The molecule has 1 aromatic rings. The van der Waals surface area contributed by atoms with Crippen LogP contribution >= 0.6 is 30.6 Å². The monoisotopic (exact) mass is 360 g/mol. The summed E-state index contributed by atoms with van der Waals surface area (Å²) in [5.41, 5.74) is 0. The molecule has 114 valence electrons. The van der Waals surface area contributed by atoms with E-state index in [-0.39, 0.29) is 21.0 Å². The number of hydrogen-bond acceptors (Lipinski definition) is 5. The molecule has 0 radical (unpaired) electrons. The van der Waals surface area contributed by atoms with E-state index in [1.54, 1.807) is 13.8 Å². The Morgan fingerprint density at radius 1 is 1.30 bits per heavy atom. The smallest absolute Gasteiger partial charge is 0.299 e. The van der Waals surface area contributed by atoms with E-state index in [0.717, 1.165) is 0 Å². The summed E-state index contributed by atoms with van der Waals surface area (Å²) in [4.78, 5) is -0.267. The molecule has 0 saturated heterocycles. The van der Waals surface area contributed by atoms with Gasteiger partial charge >= 0.3 is 0 Å². The summed E-state index contributed by atoms with van der Waals surface area (Å²) in [5.74, 6) is 0. The van der Waals surface area contributed by atoms with Crippen LogP contribution < -0.4 is 0 Å². The lowest BCUT2D eigenvalue weighted by Gasteiger charge is -2.16. The van der Waals surface area contributed by atoms with Crippen molar-refractivity contribution in [3.8, 4) is 0 Å². The van der Waals surface area contributed by atoms with Gasteiger partial charge in [-0.1, -0.05) is 23.2 Å². The highest BCUT2D eigenvalue weighted by Gasteiger charge is 2.26. The van der Waals surface area contributed by atoms with E-state index in [0.29, 0.717) is 0 Å². The third kappa shape index (κ3) is 5.35. The second-order valence-corrected chi connectivity index (χ2v) is 9.37. The average Bonchev–Trinajstić information content (AvgIpc) is 2.28. The van der Waals surface area contributed by atoms with Crippen LogP contribution in [0.4, 0.5) is 0 Å². The summed E-state index contributed by atoms with van der Waals surface area (Å²) >= 11 is 11.5. The molecule has 1 atom stereocenters. The molecule has 0 aromatic heterocycles. The number of hydrogen-bond donors (Lipinski definition) is 0. The van der Waals surface area contributed by atoms with Crippen LogP contribution in [0.5, 0.6) is 0 Å². The van der Waals surface area contributed by atoms with Crippen LogP contribution in [0.25, 0.3) is 0 Å². The van der Waals surface area contributed by atoms with E-state index in [1.807, 2.05) is 0 Å². The maximum Gasteiger partial charge on any atom is 0.299 e. The van der Waals surface area contributed by atoms with Crippen molar-refractivity contribution in [1.29, 1.82) is 0 Å². The normalized spacial score (nSPS) is 15.3. The van der Waals surface area contributed by atoms with E-state index in [9.17, 15) is 13.0 Å². The quantitative estimate of drug-likeness (QED) is 0.566. The van der Waals surface area contributed by atoms with E-state index >= 15 is 0 Å². The predicted molar refractivity (Wildman–Crippen MR) is 79.4 cm³/mol. The minimum absolute atomic E-state index is 0.0230. The average molecular weight is 361 g/mol. The van der Waals surface area contributed by atoms with Gasteiger partial charge < -0.3 is 4.52 Å². The zero-order valence-corrected chi connectivity index (χ0v) is 14.4. The third-order valence-electron chi connectivity index (χ3n) is 2.04. The Kier molecular flexibility index (Phi) is 6.08. The van der Waals surface area contributed by atoms with Gasteiger partial charge in [0.15, 0.2) is 0 Å². The van der Waals surface area contributed by atoms with Crippen LogP contribution in [-0.4, -0.2) is 27.5 Å². The fourth-order valence-electron chi connectivity index (χ4n) is 1.37. The van der Waals surface area contributed by atoms with Gasteiger partial charge in [0.05, 0.1) is 11.1 Å². The minimum atomic E-state index is -4.15. The Hall–Kier alpha value is -0.100. The highest BCUT2D eigenvalue weighted by atomic mass is 35.5. The molecule has 0 spiro atoms. The van der Waals surface area contributed by atoms with Crippen molar-refractivity contribution in [3.63, 3.8) is 0 Å². The van der Waals surface area contributed by atoms with Gasteiger partial charge in [-0.05, 0) is 32.0 Å². The van der Waals surface area contributed by atoms with Crippen LogP contribution in [-0.2, 0) is 23.4 Å². The van der Waals surface area contributed by atoms with E-state index in [4.69, 9.17) is 31.9 Å². The number of benzene rings is 1. The maximum atomic E-state index is 12.0. The summed E-state index contributed by atoms with van der Waals surface area (Å²) in [7, 11) is -7.32. The van der Waals surface area contributed by atoms with E-state index in [2.05, 4.69) is 0 Å². The molecular formula is C11H15Cl2O5PS. The SMILES string of the molecule is CC(C)OP(C)(=O)COS(=O)(=O)c1cc(Cl)ccc1Cl. The van der Waals surface area contributed by atoms with Crippen LogP contribution in [0.2, 0.25) is 10.0 Å². The summed E-state index contributed by atoms with van der Waals surface area (Å²) in [6.45, 7) is 4.69. The fourth-order valence-corrected chi connectivity index (χ4v) is 4.99. The summed E-state index contributed by atoms with van der Waals surface area (Å²) < 4.78 is 45.9. The summed E-state index contributed by atoms with van der Waals surface area (Å²) in [6.07, 6.45) is -0.858. The van der Waals surface area contributed by atoms with E-state index in [1.165, 1.54) is 24.9 Å². The van der Waals surface area contributed by atoms with Gasteiger partial charge in [0, 0.05) is 11.7 Å². The van der Waals surface area contributed by atoms with Crippen molar-refractivity contribution in [2.45, 2.75) is 24.8 Å². The topological polar surface area (TPSA) is 69.7 Å². The number of rotatable bonds is 6. The van der Waals surface area contributed by atoms with Gasteiger partial charge in [0.2, 0.25) is 7.37 Å².